The molecule has 1 aliphatic carbocycles. The first-order chi connectivity index (χ1) is 15.4. The first-order valence-corrected chi connectivity index (χ1v) is 9.62. The van der Waals surface area contributed by atoms with Crippen LogP contribution in [0.15, 0.2) is 30.3 Å². The molecular formula is C23H24O7. The van der Waals surface area contributed by atoms with Crippen molar-refractivity contribution in [2.75, 3.05) is 27.9 Å². The van der Waals surface area contributed by atoms with Crippen molar-refractivity contribution in [3.8, 4) is 28.4 Å². The van der Waals surface area contributed by atoms with E-state index in [0.717, 1.165) is 17.5 Å². The molecule has 158 valence electrons. The van der Waals surface area contributed by atoms with E-state index in [4.69, 9.17) is 26.4 Å². The summed E-state index contributed by atoms with van der Waals surface area (Å²) in [7, 11) is 1.24. The van der Waals surface area contributed by atoms with E-state index in [1.807, 2.05) is 6.07 Å². The summed E-state index contributed by atoms with van der Waals surface area (Å²) in [4.78, 5) is 24.2. The zero-order chi connectivity index (χ0) is 22.9. The van der Waals surface area contributed by atoms with Crippen LogP contribution < -0.4 is 14.2 Å². The Morgan fingerprint density at radius 2 is 1.93 bits per heavy atom. The van der Waals surface area contributed by atoms with Gasteiger partial charge in [-0.3, -0.25) is 4.79 Å². The first kappa shape index (κ1) is 17.6. The van der Waals surface area contributed by atoms with E-state index in [9.17, 15) is 9.59 Å². The molecule has 0 atom stereocenters. The second-order valence-electron chi connectivity index (χ2n) is 7.45. The molecule has 1 fully saturated rings. The normalized spacial score (nSPS) is 17.2. The minimum atomic E-state index is -1.56. The summed E-state index contributed by atoms with van der Waals surface area (Å²) >= 11 is 0. The zero-order valence-electron chi connectivity index (χ0n) is 18.9. The van der Waals surface area contributed by atoms with E-state index in [1.165, 1.54) is 14.2 Å². The Morgan fingerprint density at radius 1 is 1.13 bits per heavy atom. The summed E-state index contributed by atoms with van der Waals surface area (Å²) in [6, 6.07) is 8.67. The van der Waals surface area contributed by atoms with E-state index in [2.05, 4.69) is 0 Å². The third kappa shape index (κ3) is 3.24. The van der Waals surface area contributed by atoms with Gasteiger partial charge >= 0.3 is 11.9 Å². The van der Waals surface area contributed by atoms with E-state index < -0.39 is 12.5 Å². The van der Waals surface area contributed by atoms with Crippen LogP contribution in [0.2, 0.25) is 0 Å². The molecule has 0 unspecified atom stereocenters. The molecule has 2 aromatic rings. The Kier molecular flexibility index (Phi) is 4.64. The van der Waals surface area contributed by atoms with E-state index in [1.54, 1.807) is 24.3 Å². The first-order valence-electron chi connectivity index (χ1n) is 10.8. The number of carbonyl (C=O) groups excluding carboxylic acids is 2. The zero-order valence-corrected chi connectivity index (χ0v) is 16.9. The molecular weight excluding hydrogens is 388 g/mol. The average Bonchev–Trinajstić information content (AvgIpc) is 3.12. The van der Waals surface area contributed by atoms with Crippen LogP contribution in [-0.4, -0.2) is 39.8 Å². The fourth-order valence-electron chi connectivity index (χ4n) is 3.94. The summed E-state index contributed by atoms with van der Waals surface area (Å²) in [6.45, 7) is 0.283. The van der Waals surface area contributed by atoms with Gasteiger partial charge in [0.15, 0.2) is 11.5 Å². The van der Waals surface area contributed by atoms with Gasteiger partial charge in [-0.1, -0.05) is 12.5 Å². The van der Waals surface area contributed by atoms with E-state index >= 15 is 0 Å². The van der Waals surface area contributed by atoms with Crippen LogP contribution in [0.4, 0.5) is 0 Å². The summed E-state index contributed by atoms with van der Waals surface area (Å²) in [5.41, 5.74) is 1.98. The van der Waals surface area contributed by atoms with Crippen molar-refractivity contribution in [2.45, 2.75) is 25.9 Å². The molecule has 30 heavy (non-hydrogen) atoms. The number of hydrogen-bond acceptors (Lipinski definition) is 7. The Balaban J connectivity index is 1.76. The van der Waals surface area contributed by atoms with E-state index in [0.29, 0.717) is 29.7 Å². The maximum absolute atomic E-state index is 12.4. The number of rotatable bonds is 7. The van der Waals surface area contributed by atoms with Gasteiger partial charge in [0.25, 0.3) is 0 Å². The molecule has 0 spiro atoms. The molecule has 0 N–H and O–H groups in total. The van der Waals surface area contributed by atoms with Crippen molar-refractivity contribution >= 4 is 11.9 Å². The molecule has 2 aromatic carbocycles. The predicted molar refractivity (Wildman–Crippen MR) is 108 cm³/mol. The molecule has 2 aliphatic rings. The lowest BCUT2D eigenvalue weighted by molar-refractivity contribution is -0.161. The minimum Gasteiger partial charge on any atom is -0.493 e. The lowest BCUT2D eigenvalue weighted by atomic mass is 9.69. The van der Waals surface area contributed by atoms with Crippen molar-refractivity contribution < 1.29 is 36.0 Å². The molecule has 0 aromatic heterocycles. The van der Waals surface area contributed by atoms with Gasteiger partial charge < -0.3 is 23.7 Å². The molecule has 0 amide bonds. The van der Waals surface area contributed by atoms with E-state index in [-0.39, 0.29) is 36.7 Å². The van der Waals surface area contributed by atoms with Crippen molar-refractivity contribution in [1.29, 1.82) is 0 Å². The van der Waals surface area contributed by atoms with Crippen LogP contribution in [0.5, 0.6) is 17.2 Å². The quantitative estimate of drug-likeness (QED) is 0.638. The standard InChI is InChI=1S/C23H24O7/c1-26-18-8-7-16(14-5-6-17-15(11-14)12-29-21(17)24)19(20(18)27-2)30-13-23(9-4-10-23)22(25)28-3/h5-8,11H,4,9-10,12-13H2,1-3H3/i1D2. The van der Waals surface area contributed by atoms with Crippen LogP contribution >= 0.6 is 0 Å². The maximum Gasteiger partial charge on any atom is 0.338 e. The van der Waals surface area contributed by atoms with Crippen molar-refractivity contribution in [3.63, 3.8) is 0 Å². The molecule has 7 nitrogen and oxygen atoms in total. The molecule has 0 radical (unpaired) electrons. The van der Waals surface area contributed by atoms with Crippen LogP contribution in [0.25, 0.3) is 11.1 Å². The van der Waals surface area contributed by atoms with Crippen LogP contribution in [0.1, 0.15) is 37.9 Å². The van der Waals surface area contributed by atoms with Gasteiger partial charge in [-0.05, 0) is 42.7 Å². The lowest BCUT2D eigenvalue weighted by Gasteiger charge is -2.38. The highest BCUT2D eigenvalue weighted by atomic mass is 16.5. The molecule has 1 saturated carbocycles. The number of fused-ring (bicyclic) bond motifs is 1. The van der Waals surface area contributed by atoms with Crippen molar-refractivity contribution in [3.05, 3.63) is 41.5 Å². The van der Waals surface area contributed by atoms with Crippen LogP contribution in [0.3, 0.4) is 0 Å². The predicted octanol–water partition coefficient (Wildman–Crippen LogP) is 3.76. The number of esters is 2. The largest absolute Gasteiger partial charge is 0.493 e. The van der Waals surface area contributed by atoms with Crippen LogP contribution in [0, 0.1) is 5.41 Å². The second-order valence-corrected chi connectivity index (χ2v) is 7.45. The topological polar surface area (TPSA) is 80.3 Å². The Bertz CT molecular complexity index is 1050. The minimum absolute atomic E-state index is 0.0875. The Hall–Kier alpha value is -3.22. The van der Waals surface area contributed by atoms with Gasteiger partial charge in [0.1, 0.15) is 18.6 Å². The SMILES string of the molecule is [2H]C([2H])Oc1ccc(-c2ccc3c(c2)COC3=O)c(OCC2(C(=O)OC)CCC2)c1OC. The fraction of sp³-hybridized carbons (Fsp3) is 0.391. The maximum atomic E-state index is 12.4. The van der Waals surface area contributed by atoms with Gasteiger partial charge in [-0.2, -0.15) is 0 Å². The third-order valence-corrected chi connectivity index (χ3v) is 5.82. The number of hydrogen-bond donors (Lipinski definition) is 0. The smallest absolute Gasteiger partial charge is 0.338 e. The van der Waals surface area contributed by atoms with Crippen molar-refractivity contribution in [1.82, 2.24) is 0 Å². The molecule has 0 bridgehead atoms. The monoisotopic (exact) mass is 414 g/mol. The van der Waals surface area contributed by atoms with Gasteiger partial charge in [-0.15, -0.1) is 0 Å². The Labute approximate surface area is 177 Å². The third-order valence-electron chi connectivity index (χ3n) is 5.82. The van der Waals surface area contributed by atoms with Gasteiger partial charge in [0, 0.05) is 11.1 Å². The fourth-order valence-corrected chi connectivity index (χ4v) is 3.94. The highest BCUT2D eigenvalue weighted by molar-refractivity contribution is 5.94. The summed E-state index contributed by atoms with van der Waals surface area (Å²) in [5.74, 6) is 0.0559. The molecule has 0 saturated heterocycles. The highest BCUT2D eigenvalue weighted by Crippen LogP contribution is 2.48. The highest BCUT2D eigenvalue weighted by Gasteiger charge is 2.46. The van der Waals surface area contributed by atoms with Gasteiger partial charge in [0.2, 0.25) is 5.75 Å². The summed E-state index contributed by atoms with van der Waals surface area (Å²) < 4.78 is 42.0. The number of ether oxygens (including phenoxy) is 5. The molecule has 7 heteroatoms. The molecule has 4 rings (SSSR count). The lowest BCUT2D eigenvalue weighted by Crippen LogP contribution is -2.44. The number of carbonyl (C=O) groups is 2. The van der Waals surface area contributed by atoms with Gasteiger partial charge in [-0.25, -0.2) is 4.79 Å². The number of methoxy groups -OCH3 is 3. The van der Waals surface area contributed by atoms with Gasteiger partial charge in [0.05, 0.1) is 29.6 Å². The van der Waals surface area contributed by atoms with Crippen LogP contribution in [-0.2, 0) is 20.9 Å². The average molecular weight is 414 g/mol. The van der Waals surface area contributed by atoms with Crippen molar-refractivity contribution in [2.24, 2.45) is 5.41 Å². The Morgan fingerprint density at radius 3 is 2.60 bits per heavy atom. The molecule has 1 heterocycles. The summed E-state index contributed by atoms with van der Waals surface area (Å²) in [6.07, 6.45) is 2.23. The summed E-state index contributed by atoms with van der Waals surface area (Å²) in [5, 5.41) is 0. The number of cyclic esters (lactones) is 1. The number of benzene rings is 2. The second kappa shape index (κ2) is 7.89. The molecule has 1 aliphatic heterocycles.